The van der Waals surface area contributed by atoms with E-state index >= 15 is 0 Å². The molecule has 0 fully saturated rings. The molecule has 5 heteroatoms. The number of anilines is 1. The predicted octanol–water partition coefficient (Wildman–Crippen LogP) is 2.37. The number of nitrogens with one attached hydrogen (secondary N) is 1. The highest BCUT2D eigenvalue weighted by Crippen LogP contribution is 2.21. The Labute approximate surface area is 124 Å². The van der Waals surface area contributed by atoms with E-state index in [4.69, 9.17) is 5.73 Å². The number of benzene rings is 1. The number of nitrogens with zero attached hydrogens (tertiary/aromatic N) is 2. The summed E-state index contributed by atoms with van der Waals surface area (Å²) in [6.07, 6.45) is 1.72. The molecule has 0 radical (unpaired) electrons. The molecule has 0 saturated carbocycles. The molecule has 1 aromatic carbocycles. The van der Waals surface area contributed by atoms with Gasteiger partial charge in [-0.1, -0.05) is 26.0 Å². The zero-order valence-corrected chi connectivity index (χ0v) is 12.5. The fourth-order valence-electron chi connectivity index (χ4n) is 1.90. The number of hydrogen-bond donors (Lipinski definition) is 2. The van der Waals surface area contributed by atoms with Gasteiger partial charge in [-0.2, -0.15) is 0 Å². The van der Waals surface area contributed by atoms with Crippen molar-refractivity contribution >= 4 is 11.6 Å². The van der Waals surface area contributed by atoms with Gasteiger partial charge >= 0.3 is 0 Å². The van der Waals surface area contributed by atoms with Gasteiger partial charge in [-0.15, -0.1) is 0 Å². The van der Waals surface area contributed by atoms with Crippen LogP contribution in [0, 0.1) is 12.8 Å². The van der Waals surface area contributed by atoms with E-state index in [0.29, 0.717) is 11.5 Å². The Hall–Kier alpha value is -2.27. The van der Waals surface area contributed by atoms with Gasteiger partial charge in [-0.25, -0.2) is 9.97 Å². The summed E-state index contributed by atoms with van der Waals surface area (Å²) >= 11 is 0. The van der Waals surface area contributed by atoms with Crippen molar-refractivity contribution in [2.45, 2.75) is 26.8 Å². The highest BCUT2D eigenvalue weighted by atomic mass is 16.2. The van der Waals surface area contributed by atoms with Crippen LogP contribution in [0.1, 0.15) is 19.7 Å². The third kappa shape index (κ3) is 3.86. The van der Waals surface area contributed by atoms with E-state index in [9.17, 15) is 4.79 Å². The van der Waals surface area contributed by atoms with Crippen molar-refractivity contribution in [2.24, 2.45) is 11.7 Å². The molecule has 0 aliphatic heterocycles. The van der Waals surface area contributed by atoms with Crippen molar-refractivity contribution in [1.29, 1.82) is 0 Å². The van der Waals surface area contributed by atoms with Crippen molar-refractivity contribution in [3.05, 3.63) is 42.4 Å². The molecular formula is C16H20N4O. The van der Waals surface area contributed by atoms with Gasteiger partial charge in [0.15, 0.2) is 0 Å². The molecule has 5 nitrogen and oxygen atoms in total. The minimum absolute atomic E-state index is 0.0951. The molecular weight excluding hydrogens is 264 g/mol. The number of nitrogens with two attached hydrogens (primary N) is 1. The summed E-state index contributed by atoms with van der Waals surface area (Å²) in [5.41, 5.74) is 8.31. The topological polar surface area (TPSA) is 80.9 Å². The van der Waals surface area contributed by atoms with E-state index in [-0.39, 0.29) is 11.8 Å². The Balaban J connectivity index is 2.20. The van der Waals surface area contributed by atoms with Crippen molar-refractivity contribution in [3.63, 3.8) is 0 Å². The van der Waals surface area contributed by atoms with E-state index < -0.39 is 6.04 Å². The molecule has 0 unspecified atom stereocenters. The first-order valence-corrected chi connectivity index (χ1v) is 6.94. The summed E-state index contributed by atoms with van der Waals surface area (Å²) in [6.45, 7) is 5.69. The van der Waals surface area contributed by atoms with Crippen LogP contribution in [0.2, 0.25) is 0 Å². The van der Waals surface area contributed by atoms with Crippen LogP contribution in [0.5, 0.6) is 0 Å². The zero-order valence-electron chi connectivity index (χ0n) is 12.5. The lowest BCUT2D eigenvalue weighted by molar-refractivity contribution is -0.118. The minimum atomic E-state index is -0.519. The van der Waals surface area contributed by atoms with Crippen LogP contribution < -0.4 is 11.1 Å². The largest absolute Gasteiger partial charge is 0.325 e. The van der Waals surface area contributed by atoms with Gasteiger partial charge in [0.1, 0.15) is 5.82 Å². The summed E-state index contributed by atoms with van der Waals surface area (Å²) < 4.78 is 0. The van der Waals surface area contributed by atoms with E-state index in [2.05, 4.69) is 15.3 Å². The number of amides is 1. The molecule has 1 atom stereocenters. The Kier molecular flexibility index (Phi) is 4.65. The third-order valence-electron chi connectivity index (χ3n) is 3.22. The summed E-state index contributed by atoms with van der Waals surface area (Å²) in [7, 11) is 0. The summed E-state index contributed by atoms with van der Waals surface area (Å²) in [6, 6.07) is 8.86. The molecule has 0 aliphatic carbocycles. The van der Waals surface area contributed by atoms with Crippen LogP contribution in [0.3, 0.4) is 0 Å². The highest BCUT2D eigenvalue weighted by molar-refractivity contribution is 5.95. The van der Waals surface area contributed by atoms with E-state index in [1.54, 1.807) is 6.20 Å². The molecule has 0 spiro atoms. The normalized spacial score (nSPS) is 12.2. The van der Waals surface area contributed by atoms with Crippen LogP contribution in [0.4, 0.5) is 5.69 Å². The van der Waals surface area contributed by atoms with E-state index in [1.165, 1.54) is 0 Å². The number of carbonyl (C=O) groups excluding carboxylic acids is 1. The third-order valence-corrected chi connectivity index (χ3v) is 3.22. The molecule has 2 aromatic rings. The average Bonchev–Trinajstić information content (AvgIpc) is 2.46. The second-order valence-corrected chi connectivity index (χ2v) is 5.33. The molecule has 1 amide bonds. The quantitative estimate of drug-likeness (QED) is 0.903. The molecule has 110 valence electrons. The van der Waals surface area contributed by atoms with E-state index in [1.807, 2.05) is 51.1 Å². The van der Waals surface area contributed by atoms with Gasteiger partial charge in [-0.05, 0) is 31.0 Å². The monoisotopic (exact) mass is 284 g/mol. The standard InChI is InChI=1S/C16H20N4O/c1-10(2)15(17)16(21)20-13-6-4-5-12(9-13)14-7-8-18-11(3)19-14/h4-10,15H,17H2,1-3H3,(H,20,21)/t15-/m0/s1. The van der Waals surface area contributed by atoms with Gasteiger partial charge in [0.05, 0.1) is 11.7 Å². The lowest BCUT2D eigenvalue weighted by Crippen LogP contribution is -2.39. The minimum Gasteiger partial charge on any atom is -0.325 e. The molecule has 2 rings (SSSR count). The van der Waals surface area contributed by atoms with Gasteiger partial charge in [-0.3, -0.25) is 4.79 Å². The fraction of sp³-hybridized carbons (Fsp3) is 0.312. The fourth-order valence-corrected chi connectivity index (χ4v) is 1.90. The molecule has 1 aromatic heterocycles. The number of aryl methyl sites for hydroxylation is 1. The van der Waals surface area contributed by atoms with Gasteiger partial charge in [0.25, 0.3) is 0 Å². The lowest BCUT2D eigenvalue weighted by atomic mass is 10.0. The van der Waals surface area contributed by atoms with E-state index in [0.717, 1.165) is 11.3 Å². The number of carbonyl (C=O) groups is 1. The van der Waals surface area contributed by atoms with Crippen LogP contribution in [0.15, 0.2) is 36.5 Å². The second-order valence-electron chi connectivity index (χ2n) is 5.33. The number of rotatable bonds is 4. The average molecular weight is 284 g/mol. The summed E-state index contributed by atoms with van der Waals surface area (Å²) in [5.74, 6) is 0.627. The molecule has 1 heterocycles. The van der Waals surface area contributed by atoms with Gasteiger partial charge in [0.2, 0.25) is 5.91 Å². The first kappa shape index (κ1) is 15.1. The molecule has 0 aliphatic rings. The SMILES string of the molecule is Cc1nccc(-c2cccc(NC(=O)[C@@H](N)C(C)C)c2)n1. The second kappa shape index (κ2) is 6.45. The number of aromatic nitrogens is 2. The van der Waals surface area contributed by atoms with Crippen molar-refractivity contribution in [2.75, 3.05) is 5.32 Å². The molecule has 3 N–H and O–H groups in total. The van der Waals surface area contributed by atoms with Crippen molar-refractivity contribution < 1.29 is 4.79 Å². The maximum atomic E-state index is 12.0. The van der Waals surface area contributed by atoms with Crippen LogP contribution in [0.25, 0.3) is 11.3 Å². The number of hydrogen-bond acceptors (Lipinski definition) is 4. The maximum absolute atomic E-state index is 12.0. The van der Waals surface area contributed by atoms with Crippen molar-refractivity contribution in [3.8, 4) is 11.3 Å². The molecule has 0 saturated heterocycles. The summed E-state index contributed by atoms with van der Waals surface area (Å²) in [4.78, 5) is 20.5. The molecule has 0 bridgehead atoms. The summed E-state index contributed by atoms with van der Waals surface area (Å²) in [5, 5.41) is 2.84. The Bertz CT molecular complexity index is 640. The smallest absolute Gasteiger partial charge is 0.241 e. The first-order valence-electron chi connectivity index (χ1n) is 6.94. The zero-order chi connectivity index (χ0) is 15.4. The maximum Gasteiger partial charge on any atom is 0.241 e. The Morgan fingerprint density at radius 3 is 2.71 bits per heavy atom. The Morgan fingerprint density at radius 1 is 1.29 bits per heavy atom. The lowest BCUT2D eigenvalue weighted by Gasteiger charge is -2.15. The Morgan fingerprint density at radius 2 is 2.05 bits per heavy atom. The van der Waals surface area contributed by atoms with Crippen LogP contribution in [-0.2, 0) is 4.79 Å². The first-order chi connectivity index (χ1) is 9.97. The highest BCUT2D eigenvalue weighted by Gasteiger charge is 2.17. The molecule has 21 heavy (non-hydrogen) atoms. The van der Waals surface area contributed by atoms with Gasteiger partial charge < -0.3 is 11.1 Å². The predicted molar refractivity (Wildman–Crippen MR) is 83.6 cm³/mol. The van der Waals surface area contributed by atoms with Crippen LogP contribution in [-0.4, -0.2) is 21.9 Å². The van der Waals surface area contributed by atoms with Crippen LogP contribution >= 0.6 is 0 Å². The van der Waals surface area contributed by atoms with Gasteiger partial charge in [0, 0.05) is 17.4 Å². The van der Waals surface area contributed by atoms with Crippen molar-refractivity contribution in [1.82, 2.24) is 9.97 Å².